The van der Waals surface area contributed by atoms with Crippen molar-refractivity contribution in [3.63, 3.8) is 0 Å². The van der Waals surface area contributed by atoms with Gasteiger partial charge in [-0.3, -0.25) is 9.48 Å². The van der Waals surface area contributed by atoms with Crippen molar-refractivity contribution in [2.45, 2.75) is 33.7 Å². The molecule has 20 heavy (non-hydrogen) atoms. The first-order chi connectivity index (χ1) is 9.55. The van der Waals surface area contributed by atoms with Crippen LogP contribution >= 0.6 is 11.6 Å². The lowest BCUT2D eigenvalue weighted by atomic mass is 10.2. The van der Waals surface area contributed by atoms with Gasteiger partial charge in [0, 0.05) is 6.54 Å². The highest BCUT2D eigenvalue weighted by Crippen LogP contribution is 2.17. The average Bonchev–Trinajstić information content (AvgIpc) is 2.85. The van der Waals surface area contributed by atoms with E-state index in [1.165, 1.54) is 0 Å². The first-order valence-electron chi connectivity index (χ1n) is 6.56. The molecule has 0 atom stereocenters. The number of carbonyl (C=O) groups excluding carboxylic acids is 1. The molecule has 0 aliphatic rings. The van der Waals surface area contributed by atoms with Crippen molar-refractivity contribution >= 4 is 23.2 Å². The van der Waals surface area contributed by atoms with Gasteiger partial charge in [-0.15, -0.1) is 0 Å². The third-order valence-corrected chi connectivity index (χ3v) is 3.24. The minimum absolute atomic E-state index is 0.189. The molecule has 0 saturated carbocycles. The summed E-state index contributed by atoms with van der Waals surface area (Å²) in [4.78, 5) is 16.4. The maximum Gasteiger partial charge on any atom is 0.273 e. The number of amides is 1. The summed E-state index contributed by atoms with van der Waals surface area (Å²) < 4.78 is 1.70. The predicted molar refractivity (Wildman–Crippen MR) is 79.2 cm³/mol. The fourth-order valence-corrected chi connectivity index (χ4v) is 2.11. The van der Waals surface area contributed by atoms with Crippen LogP contribution in [-0.2, 0) is 13.0 Å². The molecule has 1 amide bonds. The number of anilines is 1. The molecule has 0 aliphatic carbocycles. The fraction of sp³-hybridized carbons (Fsp3) is 0.357. The number of nitrogens with zero attached hydrogens (tertiary/aromatic N) is 3. The van der Waals surface area contributed by atoms with Crippen LogP contribution in [0.4, 0.5) is 5.69 Å². The van der Waals surface area contributed by atoms with Crippen molar-refractivity contribution < 1.29 is 4.79 Å². The average molecular weight is 293 g/mol. The molecular weight excluding hydrogens is 276 g/mol. The smallest absolute Gasteiger partial charge is 0.273 e. The third-order valence-electron chi connectivity index (χ3n) is 3.03. The lowest BCUT2D eigenvalue weighted by Gasteiger charge is -2.08. The largest absolute Gasteiger partial charge is 0.319 e. The van der Waals surface area contributed by atoms with E-state index in [4.69, 9.17) is 11.6 Å². The standard InChI is InChI=1S/C14H17ClN4O/c1-4-10-8-12(19(5-2)18-10)14(20)17-11-6-7-13(15)16-9(11)3/h6-8H,4-5H2,1-3H3,(H,17,20). The zero-order chi connectivity index (χ0) is 14.7. The highest BCUT2D eigenvalue weighted by molar-refractivity contribution is 6.29. The Morgan fingerprint density at radius 1 is 1.40 bits per heavy atom. The Bertz CT molecular complexity index is 636. The molecule has 2 aromatic rings. The molecule has 1 N–H and O–H groups in total. The monoisotopic (exact) mass is 292 g/mol. The van der Waals surface area contributed by atoms with E-state index >= 15 is 0 Å². The van der Waals surface area contributed by atoms with Crippen LogP contribution in [0, 0.1) is 6.92 Å². The maximum absolute atomic E-state index is 12.3. The van der Waals surface area contributed by atoms with E-state index < -0.39 is 0 Å². The van der Waals surface area contributed by atoms with Gasteiger partial charge in [0.2, 0.25) is 0 Å². The van der Waals surface area contributed by atoms with Gasteiger partial charge in [-0.2, -0.15) is 5.10 Å². The summed E-state index contributed by atoms with van der Waals surface area (Å²) in [5.74, 6) is -0.189. The van der Waals surface area contributed by atoms with Gasteiger partial charge in [0.25, 0.3) is 5.91 Å². The summed E-state index contributed by atoms with van der Waals surface area (Å²) in [6.45, 7) is 6.42. The van der Waals surface area contributed by atoms with Gasteiger partial charge in [-0.05, 0) is 38.5 Å². The van der Waals surface area contributed by atoms with E-state index in [-0.39, 0.29) is 5.91 Å². The van der Waals surface area contributed by atoms with E-state index in [1.807, 2.05) is 19.9 Å². The van der Waals surface area contributed by atoms with Crippen LogP contribution in [0.25, 0.3) is 0 Å². The van der Waals surface area contributed by atoms with Gasteiger partial charge in [-0.25, -0.2) is 4.98 Å². The first kappa shape index (κ1) is 14.5. The Kier molecular flexibility index (Phi) is 4.39. The minimum Gasteiger partial charge on any atom is -0.319 e. The molecule has 0 aromatic carbocycles. The molecule has 0 unspecified atom stereocenters. The molecule has 0 aliphatic heterocycles. The molecule has 6 heteroatoms. The van der Waals surface area contributed by atoms with Crippen molar-refractivity contribution in [1.29, 1.82) is 0 Å². The number of hydrogen-bond donors (Lipinski definition) is 1. The Balaban J connectivity index is 2.25. The van der Waals surface area contributed by atoms with E-state index in [0.29, 0.717) is 28.8 Å². The highest BCUT2D eigenvalue weighted by Gasteiger charge is 2.15. The molecule has 2 heterocycles. The van der Waals surface area contributed by atoms with Crippen molar-refractivity contribution in [2.75, 3.05) is 5.32 Å². The van der Waals surface area contributed by atoms with Crippen LogP contribution in [0.3, 0.4) is 0 Å². The summed E-state index contributed by atoms with van der Waals surface area (Å²) in [5, 5.41) is 7.62. The molecule has 106 valence electrons. The lowest BCUT2D eigenvalue weighted by molar-refractivity contribution is 0.101. The Hall–Kier alpha value is -1.88. The van der Waals surface area contributed by atoms with Gasteiger partial charge in [0.15, 0.2) is 0 Å². The van der Waals surface area contributed by atoms with Crippen LogP contribution in [0.2, 0.25) is 5.15 Å². The predicted octanol–water partition coefficient (Wildman–Crippen LogP) is 3.07. The van der Waals surface area contributed by atoms with Gasteiger partial charge < -0.3 is 5.32 Å². The van der Waals surface area contributed by atoms with Crippen molar-refractivity contribution in [2.24, 2.45) is 0 Å². The molecule has 0 radical (unpaired) electrons. The zero-order valence-electron chi connectivity index (χ0n) is 11.8. The van der Waals surface area contributed by atoms with Gasteiger partial charge in [-0.1, -0.05) is 18.5 Å². The number of rotatable bonds is 4. The number of hydrogen-bond acceptors (Lipinski definition) is 3. The second kappa shape index (κ2) is 6.05. The summed E-state index contributed by atoms with van der Waals surface area (Å²) in [6.07, 6.45) is 0.800. The van der Waals surface area contributed by atoms with Crippen LogP contribution in [0.5, 0.6) is 0 Å². The van der Waals surface area contributed by atoms with Crippen LogP contribution in [-0.4, -0.2) is 20.7 Å². The Labute approximate surface area is 123 Å². The van der Waals surface area contributed by atoms with Crippen LogP contribution in [0.1, 0.15) is 35.7 Å². The molecule has 0 bridgehead atoms. The summed E-state index contributed by atoms with van der Waals surface area (Å²) >= 11 is 5.80. The van der Waals surface area contributed by atoms with E-state index in [0.717, 1.165) is 12.1 Å². The third kappa shape index (κ3) is 2.99. The van der Waals surface area contributed by atoms with E-state index in [1.54, 1.807) is 23.7 Å². The Morgan fingerprint density at radius 3 is 2.75 bits per heavy atom. The maximum atomic E-state index is 12.3. The van der Waals surface area contributed by atoms with Crippen LogP contribution in [0.15, 0.2) is 18.2 Å². The normalized spacial score (nSPS) is 10.6. The number of halogens is 1. The summed E-state index contributed by atoms with van der Waals surface area (Å²) in [6, 6.07) is 5.21. The SMILES string of the molecule is CCc1cc(C(=O)Nc2ccc(Cl)nc2C)n(CC)n1. The molecule has 2 aromatic heterocycles. The second-order valence-corrected chi connectivity index (χ2v) is 4.80. The summed E-state index contributed by atoms with van der Waals surface area (Å²) in [7, 11) is 0. The zero-order valence-corrected chi connectivity index (χ0v) is 12.5. The number of aryl methyl sites for hydroxylation is 3. The lowest BCUT2D eigenvalue weighted by Crippen LogP contribution is -2.18. The minimum atomic E-state index is -0.189. The number of pyridine rings is 1. The number of nitrogens with one attached hydrogen (secondary N) is 1. The van der Waals surface area contributed by atoms with E-state index in [9.17, 15) is 4.79 Å². The van der Waals surface area contributed by atoms with Gasteiger partial charge in [0.1, 0.15) is 10.8 Å². The van der Waals surface area contributed by atoms with E-state index in [2.05, 4.69) is 15.4 Å². The van der Waals surface area contributed by atoms with Crippen molar-refractivity contribution in [3.05, 3.63) is 40.4 Å². The molecule has 5 nitrogen and oxygen atoms in total. The quantitative estimate of drug-likeness (QED) is 0.881. The molecule has 2 rings (SSSR count). The van der Waals surface area contributed by atoms with Gasteiger partial charge >= 0.3 is 0 Å². The van der Waals surface area contributed by atoms with Crippen LogP contribution < -0.4 is 5.32 Å². The second-order valence-electron chi connectivity index (χ2n) is 4.41. The number of aromatic nitrogens is 3. The topological polar surface area (TPSA) is 59.8 Å². The summed E-state index contributed by atoms with van der Waals surface area (Å²) in [5.41, 5.74) is 2.80. The molecule has 0 spiro atoms. The molecule has 0 fully saturated rings. The fourth-order valence-electron chi connectivity index (χ4n) is 1.92. The molecule has 0 saturated heterocycles. The Morgan fingerprint density at radius 2 is 2.15 bits per heavy atom. The molecular formula is C14H17ClN4O. The van der Waals surface area contributed by atoms with Crippen molar-refractivity contribution in [3.8, 4) is 0 Å². The highest BCUT2D eigenvalue weighted by atomic mass is 35.5. The first-order valence-corrected chi connectivity index (χ1v) is 6.94. The van der Waals surface area contributed by atoms with Gasteiger partial charge in [0.05, 0.1) is 17.1 Å². The van der Waals surface area contributed by atoms with Crippen molar-refractivity contribution in [1.82, 2.24) is 14.8 Å². The number of carbonyl (C=O) groups is 1.